The number of benzene rings is 1. The highest BCUT2D eigenvalue weighted by Gasteiger charge is 2.47. The Bertz CT molecular complexity index is 1190. The molecule has 14 heteroatoms. The second-order valence-corrected chi connectivity index (χ2v) is 13.4. The molecule has 0 aromatic heterocycles. The lowest BCUT2D eigenvalue weighted by Crippen LogP contribution is -2.58. The zero-order valence-electron chi connectivity index (χ0n) is 26.6. The second kappa shape index (κ2) is 14.8. The van der Waals surface area contributed by atoms with Gasteiger partial charge in [0.05, 0.1) is 18.6 Å². The zero-order valence-corrected chi connectivity index (χ0v) is 26.6. The minimum Gasteiger partial charge on any atom is -0.444 e. The minimum atomic E-state index is -1.81. The van der Waals surface area contributed by atoms with Crippen LogP contribution < -0.4 is 10.6 Å². The predicted molar refractivity (Wildman–Crippen MR) is 164 cm³/mol. The van der Waals surface area contributed by atoms with E-state index in [1.54, 1.807) is 25.7 Å². The topological polar surface area (TPSA) is 178 Å². The lowest BCUT2D eigenvalue weighted by atomic mass is 9.76. The number of amides is 4. The van der Waals surface area contributed by atoms with Crippen molar-refractivity contribution in [3.8, 4) is 0 Å². The van der Waals surface area contributed by atoms with Gasteiger partial charge in [-0.2, -0.15) is 0 Å². The minimum absolute atomic E-state index is 0.00694. The van der Waals surface area contributed by atoms with E-state index in [9.17, 15) is 34.3 Å². The molecule has 4 atom stereocenters. The van der Waals surface area contributed by atoms with E-state index in [0.717, 1.165) is 11.1 Å². The van der Waals surface area contributed by atoms with Crippen molar-refractivity contribution < 1.29 is 43.8 Å². The maximum atomic E-state index is 14.3. The summed E-state index contributed by atoms with van der Waals surface area (Å²) in [4.78, 5) is 56.9. The first-order chi connectivity index (χ1) is 21.3. The van der Waals surface area contributed by atoms with Gasteiger partial charge in [0, 0.05) is 19.5 Å². The van der Waals surface area contributed by atoms with Crippen LogP contribution in [0, 0.1) is 5.92 Å². The molecule has 1 saturated carbocycles. The van der Waals surface area contributed by atoms with Gasteiger partial charge in [-0.1, -0.05) is 37.6 Å². The number of hydrogen-bond donors (Lipinski definition) is 5. The van der Waals surface area contributed by atoms with Gasteiger partial charge in [0.15, 0.2) is 0 Å². The van der Waals surface area contributed by atoms with E-state index < -0.39 is 67.0 Å². The van der Waals surface area contributed by atoms with Crippen LogP contribution in [-0.2, 0) is 32.2 Å². The van der Waals surface area contributed by atoms with E-state index in [4.69, 9.17) is 9.47 Å². The molecule has 248 valence electrons. The molecule has 1 aromatic carbocycles. The third-order valence-electron chi connectivity index (χ3n) is 8.65. The normalized spacial score (nSPS) is 24.3. The van der Waals surface area contributed by atoms with Crippen molar-refractivity contribution in [3.05, 3.63) is 35.4 Å². The summed E-state index contributed by atoms with van der Waals surface area (Å²) in [5.74, 6) is -2.43. The van der Waals surface area contributed by atoms with Crippen molar-refractivity contribution >= 4 is 31.1 Å². The van der Waals surface area contributed by atoms with Crippen LogP contribution in [0.2, 0.25) is 0 Å². The molecule has 4 rings (SSSR count). The molecule has 0 radical (unpaired) electrons. The quantitative estimate of drug-likeness (QED) is 0.255. The Morgan fingerprint density at radius 1 is 1.02 bits per heavy atom. The summed E-state index contributed by atoms with van der Waals surface area (Å²) < 4.78 is 11.3. The van der Waals surface area contributed by atoms with E-state index >= 15 is 0 Å². The maximum absolute atomic E-state index is 14.3. The average molecular weight is 631 g/mol. The van der Waals surface area contributed by atoms with E-state index in [2.05, 4.69) is 10.6 Å². The molecular weight excluding hydrogens is 583 g/mol. The van der Waals surface area contributed by atoms with E-state index in [0.29, 0.717) is 51.6 Å². The van der Waals surface area contributed by atoms with Gasteiger partial charge in [0.25, 0.3) is 0 Å². The van der Waals surface area contributed by atoms with Crippen LogP contribution in [0.5, 0.6) is 0 Å². The maximum Gasteiger partial charge on any atom is 0.475 e. The first-order valence-electron chi connectivity index (χ1n) is 15.9. The van der Waals surface area contributed by atoms with Gasteiger partial charge >= 0.3 is 19.3 Å². The summed E-state index contributed by atoms with van der Waals surface area (Å²) in [6.07, 6.45) is 0.0635. The largest absolute Gasteiger partial charge is 0.475 e. The van der Waals surface area contributed by atoms with Crippen LogP contribution in [0.25, 0.3) is 0 Å². The first-order valence-corrected chi connectivity index (χ1v) is 15.9. The van der Waals surface area contributed by atoms with Crippen molar-refractivity contribution in [2.24, 2.45) is 5.92 Å². The highest BCUT2D eigenvalue weighted by molar-refractivity contribution is 6.43. The fourth-order valence-corrected chi connectivity index (χ4v) is 6.37. The number of fused-ring (bicyclic) bond motifs is 1. The average Bonchev–Trinajstić information content (AvgIpc) is 3.60. The summed E-state index contributed by atoms with van der Waals surface area (Å²) in [5.41, 5.74) is 1.23. The van der Waals surface area contributed by atoms with Gasteiger partial charge in [-0.15, -0.1) is 0 Å². The lowest BCUT2D eigenvalue weighted by Gasteiger charge is -2.36. The van der Waals surface area contributed by atoms with Gasteiger partial charge in [0.1, 0.15) is 23.8 Å². The zero-order chi connectivity index (χ0) is 32.9. The number of ether oxygens (including phenoxy) is 2. The van der Waals surface area contributed by atoms with Gasteiger partial charge in [0.2, 0.25) is 11.8 Å². The molecule has 1 aliphatic carbocycles. The number of nitrogens with one attached hydrogen (secondary N) is 2. The number of aliphatic hydroxyl groups excluding tert-OH is 1. The van der Waals surface area contributed by atoms with Crippen LogP contribution in [-0.4, -0.2) is 98.5 Å². The summed E-state index contributed by atoms with van der Waals surface area (Å²) in [7, 11) is -1.81. The number of rotatable bonds is 9. The van der Waals surface area contributed by atoms with Crippen LogP contribution >= 0.6 is 0 Å². The Balaban J connectivity index is 1.55. The highest BCUT2D eigenvalue weighted by Crippen LogP contribution is 2.31. The third kappa shape index (κ3) is 9.11. The molecule has 45 heavy (non-hydrogen) atoms. The molecule has 13 nitrogen and oxygen atoms in total. The SMILES string of the molecule is CCC[C@H](NC(=O)[C@@H]1C[C@@H](OC(=O)N2Cc3ccccc3C2)CN1C(=O)[C@@H](NC(=O)OC(C)(C)C)C1CCC(O)CC1)B(O)O. The van der Waals surface area contributed by atoms with Gasteiger partial charge in [-0.25, -0.2) is 9.59 Å². The molecule has 4 amide bonds. The van der Waals surface area contributed by atoms with Gasteiger partial charge in [-0.3, -0.25) is 14.5 Å². The van der Waals surface area contributed by atoms with Crippen LogP contribution in [0.4, 0.5) is 9.59 Å². The molecule has 0 bridgehead atoms. The standard InChI is InChI=1S/C31H47BN4O9/c1-5-8-25(32(42)43)33-27(38)24-15-23(44-30(41)35-16-20-9-6-7-10-21(20)17-35)18-36(24)28(39)26(19-11-13-22(37)14-12-19)34-29(40)45-31(2,3)4/h6-7,9-10,19,22-26,37,42-43H,5,8,11-18H2,1-4H3,(H,33,38)(H,34,40)/t19?,22?,23-,24+,25+,26+/m1/s1. The van der Waals surface area contributed by atoms with Gasteiger partial charge in [-0.05, 0) is 69.9 Å². The molecule has 1 saturated heterocycles. The van der Waals surface area contributed by atoms with E-state index in [1.165, 1.54) is 4.90 Å². The highest BCUT2D eigenvalue weighted by atomic mass is 16.6. The Kier molecular flexibility index (Phi) is 11.4. The monoisotopic (exact) mass is 630 g/mol. The molecule has 2 heterocycles. The number of likely N-dealkylation sites (tertiary alicyclic amines) is 1. The fourth-order valence-electron chi connectivity index (χ4n) is 6.37. The Morgan fingerprint density at radius 2 is 1.64 bits per heavy atom. The molecule has 2 fully saturated rings. The van der Waals surface area contributed by atoms with E-state index in [-0.39, 0.29) is 18.9 Å². The number of alkyl carbamates (subject to hydrolysis) is 1. The molecule has 0 spiro atoms. The lowest BCUT2D eigenvalue weighted by molar-refractivity contribution is -0.141. The Morgan fingerprint density at radius 3 is 2.20 bits per heavy atom. The Labute approximate surface area is 264 Å². The van der Waals surface area contributed by atoms with Crippen LogP contribution in [0.1, 0.15) is 83.8 Å². The van der Waals surface area contributed by atoms with Gasteiger partial charge < -0.3 is 40.2 Å². The molecule has 5 N–H and O–H groups in total. The third-order valence-corrected chi connectivity index (χ3v) is 8.65. The Hall–Kier alpha value is -3.36. The number of nitrogens with zero attached hydrogens (tertiary/aromatic N) is 2. The summed E-state index contributed by atoms with van der Waals surface area (Å²) in [6, 6.07) is 5.55. The van der Waals surface area contributed by atoms with Crippen molar-refractivity contribution in [2.45, 2.75) is 122 Å². The predicted octanol–water partition coefficient (Wildman–Crippen LogP) is 1.85. The molecule has 1 aromatic rings. The number of carbonyl (C=O) groups excluding carboxylic acids is 4. The number of hydrogen-bond acceptors (Lipinski definition) is 9. The second-order valence-electron chi connectivity index (χ2n) is 13.4. The molecule has 3 aliphatic rings. The molecule has 0 unspecified atom stereocenters. The summed E-state index contributed by atoms with van der Waals surface area (Å²) in [5, 5.41) is 35.2. The van der Waals surface area contributed by atoms with Crippen molar-refractivity contribution in [3.63, 3.8) is 0 Å². The molecular formula is C31H47BN4O9. The smallest absolute Gasteiger partial charge is 0.444 e. The van der Waals surface area contributed by atoms with Crippen LogP contribution in [0.15, 0.2) is 24.3 Å². The number of carbonyl (C=O) groups is 4. The summed E-state index contributed by atoms with van der Waals surface area (Å²) in [6.45, 7) is 7.65. The van der Waals surface area contributed by atoms with E-state index in [1.807, 2.05) is 31.2 Å². The first kappa shape index (κ1) is 34.5. The van der Waals surface area contributed by atoms with Crippen LogP contribution in [0.3, 0.4) is 0 Å². The van der Waals surface area contributed by atoms with Crippen molar-refractivity contribution in [2.75, 3.05) is 6.54 Å². The van der Waals surface area contributed by atoms with Crippen molar-refractivity contribution in [1.82, 2.24) is 20.4 Å². The molecule has 2 aliphatic heterocycles. The summed E-state index contributed by atoms with van der Waals surface area (Å²) >= 11 is 0. The number of aliphatic hydroxyl groups is 1. The van der Waals surface area contributed by atoms with Crippen molar-refractivity contribution in [1.29, 1.82) is 0 Å². The fraction of sp³-hybridized carbons (Fsp3) is 0.677.